The highest BCUT2D eigenvalue weighted by molar-refractivity contribution is 9.10. The molecule has 1 aromatic carbocycles. The van der Waals surface area contributed by atoms with E-state index in [1.807, 2.05) is 19.1 Å². The molecule has 0 saturated carbocycles. The maximum atomic E-state index is 5.81. The van der Waals surface area contributed by atoms with Crippen molar-refractivity contribution >= 4 is 21.6 Å². The van der Waals surface area contributed by atoms with Gasteiger partial charge < -0.3 is 15.0 Å². The summed E-state index contributed by atoms with van der Waals surface area (Å²) in [6.07, 6.45) is 1.93. The first-order valence-corrected chi connectivity index (χ1v) is 6.91. The number of benzene rings is 1. The van der Waals surface area contributed by atoms with Crippen LogP contribution >= 0.6 is 15.9 Å². The first kappa shape index (κ1) is 12.6. The number of nitrogens with zero attached hydrogens (tertiary/aromatic N) is 2. The largest absolute Gasteiger partial charge is 0.399 e. The minimum absolute atomic E-state index is 0.431. The Morgan fingerprint density at radius 2 is 2.21 bits per heavy atom. The summed E-state index contributed by atoms with van der Waals surface area (Å²) in [5.41, 5.74) is 6.82. The summed E-state index contributed by atoms with van der Waals surface area (Å²) in [6, 6.07) is 5.52. The van der Waals surface area contributed by atoms with Gasteiger partial charge in [0.15, 0.2) is 0 Å². The van der Waals surface area contributed by atoms with Crippen molar-refractivity contribution in [2.45, 2.75) is 25.4 Å². The summed E-state index contributed by atoms with van der Waals surface area (Å²) in [6.45, 7) is 2.73. The Balaban J connectivity index is 1.96. The number of anilines is 1. The summed E-state index contributed by atoms with van der Waals surface area (Å²) in [4.78, 5) is 4.44. The van der Waals surface area contributed by atoms with Crippen LogP contribution in [0.15, 0.2) is 27.2 Å². The van der Waals surface area contributed by atoms with E-state index in [4.69, 9.17) is 15.0 Å². The van der Waals surface area contributed by atoms with Gasteiger partial charge in [-0.05, 0) is 38.0 Å². The molecule has 19 heavy (non-hydrogen) atoms. The lowest BCUT2D eigenvalue weighted by Crippen LogP contribution is -2.21. The van der Waals surface area contributed by atoms with Crippen molar-refractivity contribution in [3.8, 4) is 11.5 Å². The fourth-order valence-electron chi connectivity index (χ4n) is 2.25. The third kappa shape index (κ3) is 2.37. The Bertz CT molecular complexity index is 585. The highest BCUT2D eigenvalue weighted by atomic mass is 79.9. The van der Waals surface area contributed by atoms with Gasteiger partial charge in [0.25, 0.3) is 5.89 Å². The van der Waals surface area contributed by atoms with Crippen LogP contribution in [0.3, 0.4) is 0 Å². The van der Waals surface area contributed by atoms with Crippen molar-refractivity contribution < 1.29 is 9.26 Å². The van der Waals surface area contributed by atoms with Crippen molar-refractivity contribution in [3.05, 3.63) is 28.5 Å². The molecule has 0 aliphatic carbocycles. The normalized spacial score (nSPS) is 22.8. The van der Waals surface area contributed by atoms with Gasteiger partial charge in [-0.2, -0.15) is 4.98 Å². The van der Waals surface area contributed by atoms with Gasteiger partial charge in [-0.1, -0.05) is 21.1 Å². The van der Waals surface area contributed by atoms with Gasteiger partial charge in [-0.25, -0.2) is 0 Å². The molecule has 1 unspecified atom stereocenters. The number of aromatic nitrogens is 2. The van der Waals surface area contributed by atoms with Gasteiger partial charge in [0.1, 0.15) is 5.60 Å². The number of hydrogen-bond donors (Lipinski definition) is 1. The van der Waals surface area contributed by atoms with E-state index in [1.165, 1.54) is 0 Å². The summed E-state index contributed by atoms with van der Waals surface area (Å²) >= 11 is 3.40. The number of nitrogen functional groups attached to an aromatic ring is 1. The van der Waals surface area contributed by atoms with Crippen LogP contribution in [0.2, 0.25) is 0 Å². The van der Waals surface area contributed by atoms with Crippen LogP contribution in [0, 0.1) is 0 Å². The predicted octanol–water partition coefficient (Wildman–Crippen LogP) is 3.11. The van der Waals surface area contributed by atoms with Crippen LogP contribution < -0.4 is 5.73 Å². The molecular weight excluding hydrogens is 310 g/mol. The maximum absolute atomic E-state index is 5.81. The van der Waals surface area contributed by atoms with E-state index < -0.39 is 5.60 Å². The smallest absolute Gasteiger partial charge is 0.258 e. The highest BCUT2D eigenvalue weighted by Crippen LogP contribution is 2.35. The molecule has 0 amide bonds. The van der Waals surface area contributed by atoms with E-state index in [0.29, 0.717) is 17.4 Å². The van der Waals surface area contributed by atoms with E-state index >= 15 is 0 Å². The number of nitrogens with two attached hydrogens (primary N) is 1. The van der Waals surface area contributed by atoms with Crippen molar-refractivity contribution in [1.29, 1.82) is 0 Å². The Kier molecular flexibility index (Phi) is 3.06. The second-order valence-electron chi connectivity index (χ2n) is 4.88. The molecule has 0 radical (unpaired) electrons. The number of rotatable bonds is 2. The van der Waals surface area contributed by atoms with Gasteiger partial charge in [-0.3, -0.25) is 0 Å². The molecule has 0 spiro atoms. The van der Waals surface area contributed by atoms with Gasteiger partial charge in [0.05, 0.1) is 0 Å². The van der Waals surface area contributed by atoms with Gasteiger partial charge in [0, 0.05) is 22.3 Å². The Hall–Kier alpha value is -1.40. The average Bonchev–Trinajstić information content (AvgIpc) is 2.96. The summed E-state index contributed by atoms with van der Waals surface area (Å²) in [7, 11) is 0. The van der Waals surface area contributed by atoms with Crippen molar-refractivity contribution in [1.82, 2.24) is 10.1 Å². The monoisotopic (exact) mass is 323 g/mol. The number of hydrogen-bond acceptors (Lipinski definition) is 5. The lowest BCUT2D eigenvalue weighted by atomic mass is 10.0. The second-order valence-corrected chi connectivity index (χ2v) is 5.79. The average molecular weight is 324 g/mol. The zero-order valence-corrected chi connectivity index (χ0v) is 12.1. The van der Waals surface area contributed by atoms with E-state index in [0.717, 1.165) is 29.5 Å². The molecule has 5 nitrogen and oxygen atoms in total. The third-order valence-corrected chi connectivity index (χ3v) is 3.74. The Morgan fingerprint density at radius 3 is 2.89 bits per heavy atom. The van der Waals surface area contributed by atoms with E-state index in [2.05, 4.69) is 26.1 Å². The molecule has 1 aliphatic heterocycles. The van der Waals surface area contributed by atoms with Crippen LogP contribution in [0.1, 0.15) is 25.6 Å². The third-order valence-electron chi connectivity index (χ3n) is 3.28. The molecule has 0 bridgehead atoms. The Morgan fingerprint density at radius 1 is 1.37 bits per heavy atom. The summed E-state index contributed by atoms with van der Waals surface area (Å²) in [5, 5.41) is 4.04. The lowest BCUT2D eigenvalue weighted by molar-refractivity contribution is 0.00768. The summed E-state index contributed by atoms with van der Waals surface area (Å²) in [5.74, 6) is 1.05. The first-order valence-electron chi connectivity index (χ1n) is 6.11. The maximum Gasteiger partial charge on any atom is 0.258 e. The zero-order valence-electron chi connectivity index (χ0n) is 10.5. The molecular formula is C13H14BrN3O2. The molecule has 3 rings (SSSR count). The molecule has 6 heteroatoms. The molecule has 2 aromatic rings. The predicted molar refractivity (Wildman–Crippen MR) is 74.4 cm³/mol. The number of ether oxygens (including phenoxy) is 1. The van der Waals surface area contributed by atoms with E-state index in [1.54, 1.807) is 6.07 Å². The van der Waals surface area contributed by atoms with Crippen molar-refractivity contribution in [2.75, 3.05) is 12.3 Å². The van der Waals surface area contributed by atoms with Gasteiger partial charge in [-0.15, -0.1) is 0 Å². The van der Waals surface area contributed by atoms with E-state index in [9.17, 15) is 0 Å². The molecule has 1 saturated heterocycles. The van der Waals surface area contributed by atoms with Gasteiger partial charge in [0.2, 0.25) is 5.82 Å². The molecule has 2 heterocycles. The fourth-order valence-corrected chi connectivity index (χ4v) is 2.76. The number of halogens is 1. The quantitative estimate of drug-likeness (QED) is 0.859. The first-order chi connectivity index (χ1) is 9.07. The van der Waals surface area contributed by atoms with Crippen LogP contribution in [-0.2, 0) is 10.3 Å². The zero-order chi connectivity index (χ0) is 13.5. The molecule has 1 fully saturated rings. The minimum Gasteiger partial charge on any atom is -0.399 e. The fraction of sp³-hybridized carbons (Fsp3) is 0.385. The van der Waals surface area contributed by atoms with Crippen molar-refractivity contribution in [2.24, 2.45) is 0 Å². The van der Waals surface area contributed by atoms with Crippen LogP contribution in [0.4, 0.5) is 5.69 Å². The molecule has 1 atom stereocenters. The summed E-state index contributed by atoms with van der Waals surface area (Å²) < 4.78 is 11.9. The van der Waals surface area contributed by atoms with Crippen LogP contribution in [0.25, 0.3) is 11.5 Å². The topological polar surface area (TPSA) is 74.2 Å². The molecule has 1 aliphatic rings. The highest BCUT2D eigenvalue weighted by Gasteiger charge is 2.36. The minimum atomic E-state index is -0.431. The molecule has 1 aromatic heterocycles. The van der Waals surface area contributed by atoms with Gasteiger partial charge >= 0.3 is 0 Å². The van der Waals surface area contributed by atoms with Crippen LogP contribution in [0.5, 0.6) is 0 Å². The second kappa shape index (κ2) is 4.61. The lowest BCUT2D eigenvalue weighted by Gasteiger charge is -2.17. The molecule has 2 N–H and O–H groups in total. The van der Waals surface area contributed by atoms with E-state index in [-0.39, 0.29) is 0 Å². The van der Waals surface area contributed by atoms with Crippen LogP contribution in [-0.4, -0.2) is 16.7 Å². The molecule has 100 valence electrons. The standard InChI is InChI=1S/C13H14BrN3O2/c1-13(3-2-4-18-13)12-16-11(19-17-12)8-5-9(14)7-10(15)6-8/h5-7H,2-4,15H2,1H3. The SMILES string of the molecule is CC1(c2noc(-c3cc(N)cc(Br)c3)n2)CCCO1. The Labute approximate surface area is 119 Å². The van der Waals surface area contributed by atoms with Crippen molar-refractivity contribution in [3.63, 3.8) is 0 Å².